The molecule has 0 bridgehead atoms. The highest BCUT2D eigenvalue weighted by molar-refractivity contribution is 7.92. The van der Waals surface area contributed by atoms with Gasteiger partial charge in [-0.3, -0.25) is 14.1 Å². The number of carbonyl (C=O) groups excluding carboxylic acids is 1. The van der Waals surface area contributed by atoms with E-state index in [-0.39, 0.29) is 29.4 Å². The van der Waals surface area contributed by atoms with Gasteiger partial charge in [0.1, 0.15) is 11.4 Å². The third-order valence-corrected chi connectivity index (χ3v) is 6.17. The summed E-state index contributed by atoms with van der Waals surface area (Å²) in [5.74, 6) is -1.28. The molecule has 186 valence electrons. The number of sulfonamides is 1. The lowest BCUT2D eigenvalue weighted by Gasteiger charge is -2.20. The van der Waals surface area contributed by atoms with Gasteiger partial charge in [0.15, 0.2) is 0 Å². The molecule has 14 heteroatoms. The summed E-state index contributed by atoms with van der Waals surface area (Å²) >= 11 is 0. The molecular formula is C21H22F3N7O3S. The van der Waals surface area contributed by atoms with Crippen molar-refractivity contribution in [1.82, 2.24) is 15.0 Å². The maximum atomic E-state index is 13.6. The second-order valence-corrected chi connectivity index (χ2v) is 9.54. The number of nitrogens with two attached hydrogens (primary N) is 1. The van der Waals surface area contributed by atoms with Crippen LogP contribution in [0.4, 0.5) is 36.3 Å². The van der Waals surface area contributed by atoms with Gasteiger partial charge in [0, 0.05) is 30.7 Å². The molecule has 0 aliphatic heterocycles. The number of hydrogen-bond acceptors (Lipinski definition) is 8. The number of primary amides is 1. The minimum absolute atomic E-state index is 0.134. The number of halogens is 3. The third-order valence-electron chi connectivity index (χ3n) is 4.98. The summed E-state index contributed by atoms with van der Waals surface area (Å²) in [4.78, 5) is 23.1. The zero-order valence-corrected chi connectivity index (χ0v) is 19.7. The zero-order chi connectivity index (χ0) is 26.0. The summed E-state index contributed by atoms with van der Waals surface area (Å²) in [6.07, 6.45) is -1.73. The van der Waals surface area contributed by atoms with Crippen molar-refractivity contribution in [2.75, 3.05) is 28.2 Å². The molecule has 35 heavy (non-hydrogen) atoms. The van der Waals surface area contributed by atoms with E-state index in [1.54, 1.807) is 6.92 Å². The van der Waals surface area contributed by atoms with E-state index < -0.39 is 33.5 Å². The van der Waals surface area contributed by atoms with Gasteiger partial charge in [-0.05, 0) is 42.8 Å². The van der Waals surface area contributed by atoms with Crippen LogP contribution >= 0.6 is 0 Å². The van der Waals surface area contributed by atoms with Crippen molar-refractivity contribution >= 4 is 39.1 Å². The van der Waals surface area contributed by atoms with Crippen molar-refractivity contribution in [3.05, 3.63) is 65.1 Å². The standard InChI is InChI=1S/C21H22F3N7O3S/c1-12-9-13(18(25)32)6-7-15(12)29-20-28-10-14(21(22,23)24)19(30-20)27-11-16-17(5-4-8-26-16)31(2)35(3,33)34/h4-10H,11H2,1-3H3,(H2,25,32)(H2,27,28,29,30). The first-order chi connectivity index (χ1) is 16.3. The maximum Gasteiger partial charge on any atom is 0.421 e. The molecule has 3 rings (SSSR count). The monoisotopic (exact) mass is 509 g/mol. The maximum absolute atomic E-state index is 13.6. The van der Waals surface area contributed by atoms with Crippen molar-refractivity contribution < 1.29 is 26.4 Å². The number of nitrogens with zero attached hydrogens (tertiary/aromatic N) is 4. The highest BCUT2D eigenvalue weighted by Gasteiger charge is 2.35. The first-order valence-corrected chi connectivity index (χ1v) is 11.9. The molecule has 10 nitrogen and oxygen atoms in total. The Morgan fingerprint density at radius 1 is 1.20 bits per heavy atom. The van der Waals surface area contributed by atoms with Gasteiger partial charge in [-0.25, -0.2) is 13.4 Å². The lowest BCUT2D eigenvalue weighted by atomic mass is 10.1. The molecule has 1 amide bonds. The van der Waals surface area contributed by atoms with Crippen LogP contribution in [0.15, 0.2) is 42.7 Å². The Hall–Kier alpha value is -3.94. The number of pyridine rings is 1. The number of benzene rings is 1. The Morgan fingerprint density at radius 2 is 1.91 bits per heavy atom. The molecule has 0 fully saturated rings. The van der Waals surface area contributed by atoms with Crippen LogP contribution in [-0.2, 0) is 22.7 Å². The smallest absolute Gasteiger partial charge is 0.366 e. The molecule has 1 aromatic carbocycles. The van der Waals surface area contributed by atoms with E-state index in [4.69, 9.17) is 5.73 Å². The summed E-state index contributed by atoms with van der Waals surface area (Å²) < 4.78 is 65.6. The fourth-order valence-electron chi connectivity index (χ4n) is 3.06. The predicted octanol–water partition coefficient (Wildman–Crippen LogP) is 3.05. The largest absolute Gasteiger partial charge is 0.421 e. The fraction of sp³-hybridized carbons (Fsp3) is 0.238. The summed E-state index contributed by atoms with van der Waals surface area (Å²) in [6, 6.07) is 7.52. The lowest BCUT2D eigenvalue weighted by Crippen LogP contribution is -2.26. The van der Waals surface area contributed by atoms with E-state index in [9.17, 15) is 26.4 Å². The molecule has 2 heterocycles. The predicted molar refractivity (Wildman–Crippen MR) is 125 cm³/mol. The molecule has 2 aromatic heterocycles. The van der Waals surface area contributed by atoms with Crippen molar-refractivity contribution in [3.63, 3.8) is 0 Å². The van der Waals surface area contributed by atoms with Crippen LogP contribution in [0.3, 0.4) is 0 Å². The molecule has 0 atom stereocenters. The number of anilines is 4. The second kappa shape index (κ2) is 9.74. The molecule has 0 saturated heterocycles. The number of amides is 1. The summed E-state index contributed by atoms with van der Waals surface area (Å²) in [6.45, 7) is 1.43. The topological polar surface area (TPSA) is 143 Å². The first kappa shape index (κ1) is 25.7. The molecule has 0 aliphatic rings. The molecule has 0 saturated carbocycles. The van der Waals surface area contributed by atoms with Crippen molar-refractivity contribution in [2.24, 2.45) is 5.73 Å². The van der Waals surface area contributed by atoms with Gasteiger partial charge in [0.2, 0.25) is 21.9 Å². The Bertz CT molecular complexity index is 1360. The number of aromatic nitrogens is 3. The van der Waals surface area contributed by atoms with Crippen LogP contribution in [0.5, 0.6) is 0 Å². The second-order valence-electron chi connectivity index (χ2n) is 7.53. The number of hydrogen-bond donors (Lipinski definition) is 3. The van der Waals surface area contributed by atoms with Crippen molar-refractivity contribution in [3.8, 4) is 0 Å². The van der Waals surface area contributed by atoms with Gasteiger partial charge in [-0.15, -0.1) is 0 Å². The first-order valence-electron chi connectivity index (χ1n) is 10.0. The zero-order valence-electron chi connectivity index (χ0n) is 18.9. The Morgan fingerprint density at radius 3 is 2.51 bits per heavy atom. The summed E-state index contributed by atoms with van der Waals surface area (Å²) in [5.41, 5.74) is 5.87. The van der Waals surface area contributed by atoms with Gasteiger partial charge in [0.25, 0.3) is 0 Å². The van der Waals surface area contributed by atoms with Gasteiger partial charge in [-0.1, -0.05) is 0 Å². The Kier molecular flexibility index (Phi) is 7.14. The van der Waals surface area contributed by atoms with Crippen LogP contribution < -0.4 is 20.7 Å². The minimum Gasteiger partial charge on any atom is -0.366 e. The number of aryl methyl sites for hydroxylation is 1. The van der Waals surface area contributed by atoms with Gasteiger partial charge < -0.3 is 16.4 Å². The number of carbonyl (C=O) groups is 1. The molecule has 4 N–H and O–H groups in total. The SMILES string of the molecule is Cc1cc(C(N)=O)ccc1Nc1ncc(C(F)(F)F)c(NCc2ncccc2N(C)S(C)(=O)=O)n1. The van der Waals surface area contributed by atoms with Gasteiger partial charge >= 0.3 is 6.18 Å². The van der Waals surface area contributed by atoms with E-state index in [0.29, 0.717) is 17.4 Å². The van der Waals surface area contributed by atoms with E-state index in [0.717, 1.165) is 10.6 Å². The normalized spacial score (nSPS) is 11.7. The Balaban J connectivity index is 1.93. The van der Waals surface area contributed by atoms with Crippen LogP contribution in [-0.4, -0.2) is 42.6 Å². The number of alkyl halides is 3. The van der Waals surface area contributed by atoms with Crippen molar-refractivity contribution in [1.29, 1.82) is 0 Å². The third kappa shape index (κ3) is 6.15. The van der Waals surface area contributed by atoms with Crippen LogP contribution in [0.1, 0.15) is 27.2 Å². The van der Waals surface area contributed by atoms with Gasteiger partial charge in [0.05, 0.1) is 24.2 Å². The highest BCUT2D eigenvalue weighted by Crippen LogP contribution is 2.34. The number of nitrogens with one attached hydrogen (secondary N) is 2. The molecular weight excluding hydrogens is 487 g/mol. The molecule has 0 radical (unpaired) electrons. The average Bonchev–Trinajstić information content (AvgIpc) is 2.77. The summed E-state index contributed by atoms with van der Waals surface area (Å²) in [7, 11) is -2.31. The average molecular weight is 510 g/mol. The highest BCUT2D eigenvalue weighted by atomic mass is 32.2. The van der Waals surface area contributed by atoms with E-state index in [1.165, 1.54) is 43.6 Å². The van der Waals surface area contributed by atoms with E-state index >= 15 is 0 Å². The van der Waals surface area contributed by atoms with Crippen molar-refractivity contribution in [2.45, 2.75) is 19.6 Å². The molecule has 3 aromatic rings. The number of rotatable bonds is 8. The minimum atomic E-state index is -4.75. The van der Waals surface area contributed by atoms with Crippen LogP contribution in [0.25, 0.3) is 0 Å². The van der Waals surface area contributed by atoms with E-state index in [1.807, 2.05) is 0 Å². The summed E-state index contributed by atoms with van der Waals surface area (Å²) in [5, 5.41) is 5.41. The quantitative estimate of drug-likeness (QED) is 0.420. The fourth-order valence-corrected chi connectivity index (χ4v) is 3.58. The molecule has 0 spiro atoms. The van der Waals surface area contributed by atoms with E-state index in [2.05, 4.69) is 25.6 Å². The van der Waals surface area contributed by atoms with Crippen LogP contribution in [0, 0.1) is 6.92 Å². The van der Waals surface area contributed by atoms with Gasteiger partial charge in [-0.2, -0.15) is 18.2 Å². The Labute approximate surface area is 199 Å². The van der Waals surface area contributed by atoms with Crippen LogP contribution in [0.2, 0.25) is 0 Å². The molecule has 0 unspecified atom stereocenters. The molecule has 0 aliphatic carbocycles. The lowest BCUT2D eigenvalue weighted by molar-refractivity contribution is -0.137.